The minimum atomic E-state index is 0.353. The molecular formula is C14H16N4S. The van der Waals surface area contributed by atoms with E-state index >= 15 is 0 Å². The minimum absolute atomic E-state index is 0.353. The van der Waals surface area contributed by atoms with Crippen LogP contribution in [0.3, 0.4) is 0 Å². The lowest BCUT2D eigenvalue weighted by Crippen LogP contribution is -2.02. The van der Waals surface area contributed by atoms with Gasteiger partial charge in [-0.15, -0.1) is 0 Å². The number of aromatic nitrogens is 4. The predicted molar refractivity (Wildman–Crippen MR) is 78.8 cm³/mol. The largest absolute Gasteiger partial charge is 0.249 e. The third-order valence-corrected chi connectivity index (χ3v) is 4.12. The molecule has 0 amide bonds. The third-order valence-electron chi connectivity index (χ3n) is 3.59. The quantitative estimate of drug-likeness (QED) is 0.678. The van der Waals surface area contributed by atoms with Crippen LogP contribution >= 0.6 is 11.7 Å². The van der Waals surface area contributed by atoms with Crippen LogP contribution in [0.1, 0.15) is 42.3 Å². The average molecular weight is 272 g/mol. The van der Waals surface area contributed by atoms with Crippen molar-refractivity contribution in [2.75, 3.05) is 0 Å². The highest BCUT2D eigenvalue weighted by Crippen LogP contribution is 2.34. The van der Waals surface area contributed by atoms with E-state index in [9.17, 15) is 0 Å². The Labute approximate surface area is 116 Å². The van der Waals surface area contributed by atoms with Gasteiger partial charge in [-0.05, 0) is 26.7 Å². The molecule has 3 rings (SSSR count). The molecule has 0 saturated carbocycles. The van der Waals surface area contributed by atoms with Gasteiger partial charge in [-0.3, -0.25) is 0 Å². The Morgan fingerprint density at radius 2 is 1.37 bits per heavy atom. The number of nitrogens with zero attached hydrogens (tertiary/aromatic N) is 4. The molecule has 0 aliphatic heterocycles. The molecular weight excluding hydrogens is 256 g/mol. The summed E-state index contributed by atoms with van der Waals surface area (Å²) in [5.41, 5.74) is 8.12. The highest BCUT2D eigenvalue weighted by Gasteiger charge is 2.19. The normalized spacial score (nSPS) is 11.9. The number of aryl methyl sites for hydroxylation is 3. The van der Waals surface area contributed by atoms with E-state index in [0.29, 0.717) is 5.92 Å². The van der Waals surface area contributed by atoms with Gasteiger partial charge in [0, 0.05) is 11.1 Å². The summed E-state index contributed by atoms with van der Waals surface area (Å²) in [6, 6.07) is 0. The molecule has 0 N–H and O–H groups in total. The summed E-state index contributed by atoms with van der Waals surface area (Å²) >= 11 is 1.26. The monoisotopic (exact) mass is 272 g/mol. The number of hydrogen-bond acceptors (Lipinski definition) is 5. The number of fused-ring (bicyclic) bond motifs is 2. The second kappa shape index (κ2) is 4.20. The molecule has 0 saturated heterocycles. The van der Waals surface area contributed by atoms with E-state index in [1.54, 1.807) is 0 Å². The fourth-order valence-corrected chi connectivity index (χ4v) is 3.05. The van der Waals surface area contributed by atoms with Gasteiger partial charge in [0.2, 0.25) is 0 Å². The molecule has 3 aromatic rings. The van der Waals surface area contributed by atoms with E-state index < -0.39 is 0 Å². The number of benzene rings is 1. The maximum absolute atomic E-state index is 4.76. The van der Waals surface area contributed by atoms with Crippen molar-refractivity contribution >= 4 is 33.8 Å². The van der Waals surface area contributed by atoms with Crippen LogP contribution in [-0.2, 0) is 0 Å². The molecule has 0 bridgehead atoms. The first-order chi connectivity index (χ1) is 9.00. The molecule has 0 aliphatic rings. The van der Waals surface area contributed by atoms with Crippen molar-refractivity contribution in [3.63, 3.8) is 0 Å². The van der Waals surface area contributed by atoms with Gasteiger partial charge < -0.3 is 0 Å². The van der Waals surface area contributed by atoms with Crippen molar-refractivity contribution in [1.82, 2.24) is 18.7 Å². The summed E-state index contributed by atoms with van der Waals surface area (Å²) in [6.07, 6.45) is 0. The summed E-state index contributed by atoms with van der Waals surface area (Å²) in [7, 11) is 0. The zero-order valence-electron chi connectivity index (χ0n) is 11.8. The first kappa shape index (κ1) is 12.4. The Morgan fingerprint density at radius 1 is 0.789 bits per heavy atom. The molecule has 2 aromatic heterocycles. The third kappa shape index (κ3) is 1.72. The van der Waals surface area contributed by atoms with Gasteiger partial charge in [-0.2, -0.15) is 8.75 Å². The van der Waals surface area contributed by atoms with E-state index in [2.05, 4.69) is 29.5 Å². The Balaban J connectivity index is 2.61. The van der Waals surface area contributed by atoms with Crippen LogP contribution in [0.15, 0.2) is 0 Å². The van der Waals surface area contributed by atoms with Crippen molar-refractivity contribution in [1.29, 1.82) is 0 Å². The van der Waals surface area contributed by atoms with Crippen molar-refractivity contribution in [2.45, 2.75) is 40.5 Å². The van der Waals surface area contributed by atoms with Gasteiger partial charge in [0.15, 0.2) is 0 Å². The van der Waals surface area contributed by atoms with E-state index in [-0.39, 0.29) is 0 Å². The zero-order chi connectivity index (χ0) is 13.7. The maximum Gasteiger partial charge on any atom is 0.110 e. The second-order valence-corrected chi connectivity index (χ2v) is 5.77. The van der Waals surface area contributed by atoms with Crippen molar-refractivity contribution < 1.29 is 0 Å². The van der Waals surface area contributed by atoms with Crippen LogP contribution in [0.4, 0.5) is 0 Å². The lowest BCUT2D eigenvalue weighted by Gasteiger charge is -2.13. The summed E-state index contributed by atoms with van der Waals surface area (Å²) in [6.45, 7) is 10.4. The van der Waals surface area contributed by atoms with Crippen molar-refractivity contribution in [3.05, 3.63) is 22.5 Å². The van der Waals surface area contributed by atoms with Gasteiger partial charge in [-0.1, -0.05) is 13.8 Å². The minimum Gasteiger partial charge on any atom is -0.249 e. The van der Waals surface area contributed by atoms with E-state index in [0.717, 1.165) is 39.0 Å². The molecule has 0 fully saturated rings. The molecule has 5 heteroatoms. The first-order valence-electron chi connectivity index (χ1n) is 6.40. The molecule has 1 aromatic carbocycles. The van der Waals surface area contributed by atoms with Crippen molar-refractivity contribution in [3.8, 4) is 0 Å². The highest BCUT2D eigenvalue weighted by atomic mass is 32.1. The lowest BCUT2D eigenvalue weighted by molar-refractivity contribution is 0.876. The lowest BCUT2D eigenvalue weighted by atomic mass is 9.96. The number of hydrogen-bond donors (Lipinski definition) is 0. The van der Waals surface area contributed by atoms with Crippen molar-refractivity contribution in [2.24, 2.45) is 0 Å². The SMILES string of the molecule is Cc1nc2c(C)c3nsnc3c(C(C)C)c2nc1C. The number of rotatable bonds is 1. The summed E-state index contributed by atoms with van der Waals surface area (Å²) in [5, 5.41) is 0. The summed E-state index contributed by atoms with van der Waals surface area (Å²) in [4.78, 5) is 9.48. The first-order valence-corrected chi connectivity index (χ1v) is 7.13. The van der Waals surface area contributed by atoms with Gasteiger partial charge in [0.25, 0.3) is 0 Å². The van der Waals surface area contributed by atoms with Crippen LogP contribution in [0.25, 0.3) is 22.1 Å². The Kier molecular flexibility index (Phi) is 2.74. The topological polar surface area (TPSA) is 51.6 Å². The Morgan fingerprint density at radius 3 is 2.00 bits per heavy atom. The highest BCUT2D eigenvalue weighted by molar-refractivity contribution is 7.00. The fraction of sp³-hybridized carbons (Fsp3) is 0.429. The molecule has 0 atom stereocenters. The maximum atomic E-state index is 4.76. The molecule has 19 heavy (non-hydrogen) atoms. The summed E-state index contributed by atoms with van der Waals surface area (Å²) in [5.74, 6) is 0.353. The fourth-order valence-electron chi connectivity index (χ4n) is 2.43. The molecule has 0 radical (unpaired) electrons. The second-order valence-electron chi connectivity index (χ2n) is 5.25. The van der Waals surface area contributed by atoms with Crippen LogP contribution in [0.5, 0.6) is 0 Å². The van der Waals surface area contributed by atoms with Crippen LogP contribution in [0, 0.1) is 20.8 Å². The average Bonchev–Trinajstić information content (AvgIpc) is 2.81. The summed E-state index contributed by atoms with van der Waals surface area (Å²) < 4.78 is 8.89. The smallest absolute Gasteiger partial charge is 0.110 e. The van der Waals surface area contributed by atoms with E-state index in [1.807, 2.05) is 13.8 Å². The van der Waals surface area contributed by atoms with Crippen LogP contribution < -0.4 is 0 Å². The van der Waals surface area contributed by atoms with Gasteiger partial charge in [0.05, 0.1) is 34.1 Å². The van der Waals surface area contributed by atoms with Gasteiger partial charge in [-0.25, -0.2) is 9.97 Å². The Hall–Kier alpha value is -1.62. The van der Waals surface area contributed by atoms with E-state index in [4.69, 9.17) is 9.97 Å². The Bertz CT molecular complexity index is 789. The van der Waals surface area contributed by atoms with Crippen LogP contribution in [0.2, 0.25) is 0 Å². The van der Waals surface area contributed by atoms with Gasteiger partial charge in [0.1, 0.15) is 11.0 Å². The standard InChI is InChI=1S/C14H16N4S/c1-6(2)10-13-11(15-8(4)9(5)16-13)7(3)12-14(10)18-19-17-12/h6H,1-5H3. The molecule has 0 spiro atoms. The predicted octanol–water partition coefficient (Wildman–Crippen LogP) is 3.68. The van der Waals surface area contributed by atoms with Crippen LogP contribution in [-0.4, -0.2) is 18.7 Å². The zero-order valence-corrected chi connectivity index (χ0v) is 12.6. The molecule has 0 unspecified atom stereocenters. The molecule has 4 nitrogen and oxygen atoms in total. The van der Waals surface area contributed by atoms with E-state index in [1.165, 1.54) is 17.3 Å². The molecule has 2 heterocycles. The molecule has 98 valence electrons. The van der Waals surface area contributed by atoms with Gasteiger partial charge >= 0.3 is 0 Å². The molecule has 0 aliphatic carbocycles.